The lowest BCUT2D eigenvalue weighted by atomic mass is 9.92. The van der Waals surface area contributed by atoms with Crippen LogP contribution in [0.3, 0.4) is 0 Å². The predicted octanol–water partition coefficient (Wildman–Crippen LogP) is 1.37. The van der Waals surface area contributed by atoms with Crippen molar-refractivity contribution in [2.45, 2.75) is 57.0 Å². The number of nitrogens with two attached hydrogens (primary N) is 1. The van der Waals surface area contributed by atoms with Crippen molar-refractivity contribution in [3.63, 3.8) is 0 Å². The predicted molar refractivity (Wildman–Crippen MR) is 108 cm³/mol. The number of anilines is 1. The molecule has 1 aromatic carbocycles. The Morgan fingerprint density at radius 1 is 1.15 bits per heavy atom. The number of rotatable bonds is 9. The SMILES string of the molecule is CCC(CC)(CN)NC(=O)C(C)NS(=O)(=O)c1ccc(NC(C)=O)cc1.Cl. The summed E-state index contributed by atoms with van der Waals surface area (Å²) in [6, 6.07) is 4.72. The fraction of sp³-hybridized carbons (Fsp3) is 0.529. The molecule has 5 N–H and O–H groups in total. The van der Waals surface area contributed by atoms with E-state index in [1.807, 2.05) is 13.8 Å². The van der Waals surface area contributed by atoms with Crippen LogP contribution in [0.15, 0.2) is 29.2 Å². The molecule has 0 aliphatic carbocycles. The van der Waals surface area contributed by atoms with Crippen LogP contribution in [0.25, 0.3) is 0 Å². The van der Waals surface area contributed by atoms with E-state index >= 15 is 0 Å². The second-order valence-electron chi connectivity index (χ2n) is 6.23. The average molecular weight is 421 g/mol. The molecule has 10 heteroatoms. The maximum Gasteiger partial charge on any atom is 0.241 e. The van der Waals surface area contributed by atoms with E-state index in [0.29, 0.717) is 18.5 Å². The van der Waals surface area contributed by atoms with Crippen LogP contribution in [0.5, 0.6) is 0 Å². The van der Waals surface area contributed by atoms with Crippen molar-refractivity contribution in [3.05, 3.63) is 24.3 Å². The number of halogens is 1. The lowest BCUT2D eigenvalue weighted by Gasteiger charge is -2.32. The van der Waals surface area contributed by atoms with Crippen LogP contribution >= 0.6 is 12.4 Å². The van der Waals surface area contributed by atoms with Crippen LogP contribution in [0.2, 0.25) is 0 Å². The van der Waals surface area contributed by atoms with E-state index in [2.05, 4.69) is 15.4 Å². The maximum absolute atomic E-state index is 12.5. The van der Waals surface area contributed by atoms with Crippen LogP contribution in [-0.2, 0) is 19.6 Å². The smallest absolute Gasteiger partial charge is 0.241 e. The fourth-order valence-electron chi connectivity index (χ4n) is 2.41. The Hall–Kier alpha value is -1.68. The highest BCUT2D eigenvalue weighted by atomic mass is 35.5. The van der Waals surface area contributed by atoms with Crippen molar-refractivity contribution < 1.29 is 18.0 Å². The molecule has 1 aromatic rings. The van der Waals surface area contributed by atoms with Crippen LogP contribution in [0, 0.1) is 0 Å². The molecule has 0 aromatic heterocycles. The van der Waals surface area contributed by atoms with E-state index in [9.17, 15) is 18.0 Å². The normalized spacial score (nSPS) is 12.6. The van der Waals surface area contributed by atoms with E-state index in [1.54, 1.807) is 0 Å². The van der Waals surface area contributed by atoms with Gasteiger partial charge in [0.25, 0.3) is 0 Å². The summed E-state index contributed by atoms with van der Waals surface area (Å²) >= 11 is 0. The van der Waals surface area contributed by atoms with Gasteiger partial charge >= 0.3 is 0 Å². The topological polar surface area (TPSA) is 130 Å². The lowest BCUT2D eigenvalue weighted by Crippen LogP contribution is -2.57. The number of benzene rings is 1. The van der Waals surface area contributed by atoms with Gasteiger partial charge in [0, 0.05) is 19.2 Å². The van der Waals surface area contributed by atoms with E-state index in [4.69, 9.17) is 5.73 Å². The molecule has 154 valence electrons. The van der Waals surface area contributed by atoms with E-state index in [0.717, 1.165) is 0 Å². The molecule has 0 spiro atoms. The molecule has 0 bridgehead atoms. The molecule has 1 rings (SSSR count). The molecule has 0 saturated carbocycles. The lowest BCUT2D eigenvalue weighted by molar-refractivity contribution is -0.124. The number of carbonyl (C=O) groups is 2. The molecule has 1 unspecified atom stereocenters. The minimum atomic E-state index is -3.88. The molecule has 1 atom stereocenters. The van der Waals surface area contributed by atoms with Gasteiger partial charge in [-0.3, -0.25) is 9.59 Å². The minimum absolute atomic E-state index is 0. The molecule has 0 heterocycles. The van der Waals surface area contributed by atoms with E-state index in [1.165, 1.54) is 38.1 Å². The third kappa shape index (κ3) is 7.10. The fourth-order valence-corrected chi connectivity index (χ4v) is 3.61. The first-order valence-electron chi connectivity index (χ1n) is 8.51. The summed E-state index contributed by atoms with van der Waals surface area (Å²) in [6.07, 6.45) is 1.30. The Bertz CT molecular complexity index is 726. The third-order valence-corrected chi connectivity index (χ3v) is 5.90. The molecule has 0 aliphatic heterocycles. The van der Waals surface area contributed by atoms with Crippen molar-refractivity contribution in [1.29, 1.82) is 0 Å². The van der Waals surface area contributed by atoms with Crippen molar-refractivity contribution in [3.8, 4) is 0 Å². The quantitative estimate of drug-likeness (QED) is 0.479. The monoisotopic (exact) mass is 420 g/mol. The summed E-state index contributed by atoms with van der Waals surface area (Å²) in [4.78, 5) is 23.4. The van der Waals surface area contributed by atoms with Gasteiger partial charge in [0.15, 0.2) is 0 Å². The number of sulfonamides is 1. The largest absolute Gasteiger partial charge is 0.348 e. The Morgan fingerprint density at radius 2 is 1.67 bits per heavy atom. The molecular formula is C17H29ClN4O4S. The van der Waals surface area contributed by atoms with E-state index < -0.39 is 27.5 Å². The highest BCUT2D eigenvalue weighted by molar-refractivity contribution is 7.89. The zero-order chi connectivity index (χ0) is 20.0. The van der Waals surface area contributed by atoms with Gasteiger partial charge in [-0.05, 0) is 44.0 Å². The Kier molecular flexibility index (Phi) is 9.94. The van der Waals surface area contributed by atoms with Gasteiger partial charge in [0.1, 0.15) is 0 Å². The molecule has 2 amide bonds. The van der Waals surface area contributed by atoms with Gasteiger partial charge in [0.2, 0.25) is 21.8 Å². The van der Waals surface area contributed by atoms with Gasteiger partial charge < -0.3 is 16.4 Å². The van der Waals surface area contributed by atoms with E-state index in [-0.39, 0.29) is 29.8 Å². The van der Waals surface area contributed by atoms with Gasteiger partial charge in [-0.2, -0.15) is 4.72 Å². The van der Waals surface area contributed by atoms with Crippen molar-refractivity contribution in [2.75, 3.05) is 11.9 Å². The Balaban J connectivity index is 0.00000676. The minimum Gasteiger partial charge on any atom is -0.348 e. The van der Waals surface area contributed by atoms with Crippen molar-refractivity contribution >= 4 is 39.9 Å². The van der Waals surface area contributed by atoms with Gasteiger partial charge in [-0.25, -0.2) is 8.42 Å². The van der Waals surface area contributed by atoms with Crippen LogP contribution in [0.4, 0.5) is 5.69 Å². The molecular weight excluding hydrogens is 392 g/mol. The van der Waals surface area contributed by atoms with Crippen molar-refractivity contribution in [2.24, 2.45) is 5.73 Å². The summed E-state index contributed by atoms with van der Waals surface area (Å²) in [6.45, 7) is 6.95. The van der Waals surface area contributed by atoms with Crippen molar-refractivity contribution in [1.82, 2.24) is 10.0 Å². The molecule has 8 nitrogen and oxygen atoms in total. The van der Waals surface area contributed by atoms with Crippen LogP contribution in [0.1, 0.15) is 40.5 Å². The summed E-state index contributed by atoms with van der Waals surface area (Å²) in [5.74, 6) is -0.683. The second kappa shape index (κ2) is 10.6. The summed E-state index contributed by atoms with van der Waals surface area (Å²) in [5.41, 5.74) is 5.70. The molecule has 0 saturated heterocycles. The standard InChI is InChI=1S/C17H28N4O4S.ClH/c1-5-17(6-2,11-18)20-16(23)12(3)21-26(24,25)15-9-7-14(8-10-15)19-13(4)22;/h7-10,12,21H,5-6,11,18H2,1-4H3,(H,19,22)(H,20,23);1H. The number of amides is 2. The Labute approximate surface area is 167 Å². The first-order chi connectivity index (χ1) is 12.1. The second-order valence-corrected chi connectivity index (χ2v) is 7.94. The zero-order valence-corrected chi connectivity index (χ0v) is 17.7. The van der Waals surface area contributed by atoms with Crippen LogP contribution in [-0.4, -0.2) is 38.4 Å². The zero-order valence-electron chi connectivity index (χ0n) is 16.0. The highest BCUT2D eigenvalue weighted by Crippen LogP contribution is 2.16. The summed E-state index contributed by atoms with van der Waals surface area (Å²) in [7, 11) is -3.88. The number of hydrogen-bond acceptors (Lipinski definition) is 5. The molecule has 0 aliphatic rings. The summed E-state index contributed by atoms with van der Waals surface area (Å²) < 4.78 is 27.3. The van der Waals surface area contributed by atoms with Gasteiger partial charge in [0.05, 0.1) is 16.5 Å². The molecule has 27 heavy (non-hydrogen) atoms. The highest BCUT2D eigenvalue weighted by Gasteiger charge is 2.30. The number of nitrogens with one attached hydrogen (secondary N) is 3. The number of carbonyl (C=O) groups excluding carboxylic acids is 2. The first-order valence-corrected chi connectivity index (χ1v) is 9.99. The first kappa shape index (κ1) is 25.3. The average Bonchev–Trinajstić information content (AvgIpc) is 2.59. The Morgan fingerprint density at radius 3 is 2.07 bits per heavy atom. The maximum atomic E-state index is 12.5. The molecule has 0 fully saturated rings. The number of hydrogen-bond donors (Lipinski definition) is 4. The third-order valence-electron chi connectivity index (χ3n) is 4.34. The molecule has 0 radical (unpaired) electrons. The van der Waals surface area contributed by atoms with Gasteiger partial charge in [-0.15, -0.1) is 12.4 Å². The van der Waals surface area contributed by atoms with Crippen LogP contribution < -0.4 is 21.1 Å². The van der Waals surface area contributed by atoms with Gasteiger partial charge in [-0.1, -0.05) is 13.8 Å². The summed E-state index contributed by atoms with van der Waals surface area (Å²) in [5, 5.41) is 5.40.